The van der Waals surface area contributed by atoms with Crippen LogP contribution in [0.25, 0.3) is 0 Å². The highest BCUT2D eigenvalue weighted by Gasteiger charge is 2.32. The molecule has 1 aromatic rings. The van der Waals surface area contributed by atoms with Gasteiger partial charge in [-0.2, -0.15) is 0 Å². The summed E-state index contributed by atoms with van der Waals surface area (Å²) in [5, 5.41) is 8.94. The molecule has 138 valence electrons. The Bertz CT molecular complexity index is 643. The lowest BCUT2D eigenvalue weighted by Crippen LogP contribution is -2.48. The van der Waals surface area contributed by atoms with Crippen LogP contribution in [-0.4, -0.2) is 61.2 Å². The molecule has 10 heteroatoms. The van der Waals surface area contributed by atoms with Gasteiger partial charge in [0.05, 0.1) is 12.2 Å². The summed E-state index contributed by atoms with van der Waals surface area (Å²) in [5.41, 5.74) is 0.258. The molecule has 1 aliphatic rings. The normalized spacial score (nSPS) is 15.0. The minimum absolute atomic E-state index is 0.0701. The minimum atomic E-state index is -4.90. The first-order valence-electron chi connectivity index (χ1n) is 7.50. The fourth-order valence-corrected chi connectivity index (χ4v) is 2.45. The average Bonchev–Trinajstić information content (AvgIpc) is 2.53. The molecule has 0 saturated carbocycles. The van der Waals surface area contributed by atoms with Gasteiger partial charge in [0.2, 0.25) is 0 Å². The molecule has 25 heavy (non-hydrogen) atoms. The van der Waals surface area contributed by atoms with Gasteiger partial charge in [-0.15, -0.1) is 13.2 Å². The van der Waals surface area contributed by atoms with Gasteiger partial charge in [0.15, 0.2) is 0 Å². The fourth-order valence-electron chi connectivity index (χ4n) is 2.45. The lowest BCUT2D eigenvalue weighted by Gasteiger charge is -2.34. The minimum Gasteiger partial charge on any atom is -0.465 e. The van der Waals surface area contributed by atoms with Crippen LogP contribution in [0.15, 0.2) is 18.2 Å². The van der Waals surface area contributed by atoms with E-state index in [9.17, 15) is 22.8 Å². The molecule has 1 saturated heterocycles. The van der Waals surface area contributed by atoms with Gasteiger partial charge >= 0.3 is 18.4 Å². The van der Waals surface area contributed by atoms with Crippen LogP contribution in [0.5, 0.6) is 5.75 Å². The SMILES string of the molecule is CCOC(=O)c1cc(OC(F)(F)F)cc(N2CCN(C(=O)O)CC2)c1. The Hall–Kier alpha value is -2.65. The summed E-state index contributed by atoms with van der Waals surface area (Å²) < 4.78 is 46.3. The number of carbonyl (C=O) groups is 2. The number of amides is 1. The van der Waals surface area contributed by atoms with Crippen molar-refractivity contribution in [3.63, 3.8) is 0 Å². The van der Waals surface area contributed by atoms with Gasteiger partial charge in [-0.05, 0) is 19.1 Å². The molecular weight excluding hydrogens is 345 g/mol. The number of hydrogen-bond acceptors (Lipinski definition) is 5. The van der Waals surface area contributed by atoms with E-state index in [4.69, 9.17) is 9.84 Å². The highest BCUT2D eigenvalue weighted by atomic mass is 19.4. The summed E-state index contributed by atoms with van der Waals surface area (Å²) in [5.74, 6) is -1.30. The Morgan fingerprint density at radius 2 is 1.80 bits per heavy atom. The molecule has 0 spiro atoms. The second kappa shape index (κ2) is 7.49. The van der Waals surface area contributed by atoms with E-state index in [1.165, 1.54) is 11.0 Å². The number of alkyl halides is 3. The largest absolute Gasteiger partial charge is 0.573 e. The van der Waals surface area contributed by atoms with Crippen LogP contribution in [0.2, 0.25) is 0 Å². The lowest BCUT2D eigenvalue weighted by molar-refractivity contribution is -0.274. The van der Waals surface area contributed by atoms with Crippen molar-refractivity contribution in [1.29, 1.82) is 0 Å². The maximum atomic E-state index is 12.5. The zero-order valence-electron chi connectivity index (χ0n) is 13.4. The monoisotopic (exact) mass is 362 g/mol. The highest BCUT2D eigenvalue weighted by Crippen LogP contribution is 2.29. The van der Waals surface area contributed by atoms with Crippen LogP contribution in [-0.2, 0) is 4.74 Å². The van der Waals surface area contributed by atoms with Crippen molar-refractivity contribution in [2.75, 3.05) is 37.7 Å². The molecule has 1 fully saturated rings. The second-order valence-corrected chi connectivity index (χ2v) is 5.24. The molecule has 1 aromatic carbocycles. The number of carboxylic acid groups (broad SMARTS) is 1. The summed E-state index contributed by atoms with van der Waals surface area (Å²) in [6, 6.07) is 3.52. The van der Waals surface area contributed by atoms with E-state index in [0.717, 1.165) is 12.1 Å². The van der Waals surface area contributed by atoms with Crippen molar-refractivity contribution in [3.05, 3.63) is 23.8 Å². The Kier molecular flexibility index (Phi) is 5.60. The molecule has 1 N–H and O–H groups in total. The number of hydrogen-bond donors (Lipinski definition) is 1. The molecule has 2 rings (SSSR count). The molecule has 1 aliphatic heterocycles. The van der Waals surface area contributed by atoms with Crippen LogP contribution >= 0.6 is 0 Å². The van der Waals surface area contributed by atoms with Gasteiger partial charge in [0.25, 0.3) is 0 Å². The first-order chi connectivity index (χ1) is 11.7. The molecule has 0 aromatic heterocycles. The summed E-state index contributed by atoms with van der Waals surface area (Å²) in [6.45, 7) is 2.63. The van der Waals surface area contributed by atoms with Crippen LogP contribution in [0.3, 0.4) is 0 Å². The predicted octanol–water partition coefficient (Wildman–Crippen LogP) is 2.56. The molecule has 0 atom stereocenters. The number of nitrogens with zero attached hydrogens (tertiary/aromatic N) is 2. The van der Waals surface area contributed by atoms with Crippen molar-refractivity contribution in [1.82, 2.24) is 4.90 Å². The highest BCUT2D eigenvalue weighted by molar-refractivity contribution is 5.91. The van der Waals surface area contributed by atoms with Gasteiger partial charge < -0.3 is 24.4 Å². The number of piperazine rings is 1. The second-order valence-electron chi connectivity index (χ2n) is 5.24. The number of ether oxygens (including phenoxy) is 2. The van der Waals surface area contributed by atoms with E-state index in [1.807, 2.05) is 0 Å². The molecule has 1 amide bonds. The summed E-state index contributed by atoms with van der Waals surface area (Å²) in [4.78, 5) is 25.7. The number of benzene rings is 1. The van der Waals surface area contributed by atoms with Crippen LogP contribution < -0.4 is 9.64 Å². The van der Waals surface area contributed by atoms with E-state index < -0.39 is 24.2 Å². The van der Waals surface area contributed by atoms with Gasteiger partial charge in [0.1, 0.15) is 5.75 Å². The van der Waals surface area contributed by atoms with E-state index in [1.54, 1.807) is 11.8 Å². The fraction of sp³-hybridized carbons (Fsp3) is 0.467. The smallest absolute Gasteiger partial charge is 0.465 e. The Balaban J connectivity index is 2.26. The first kappa shape index (κ1) is 18.7. The molecule has 7 nitrogen and oxygen atoms in total. The third-order valence-electron chi connectivity index (χ3n) is 3.55. The Morgan fingerprint density at radius 3 is 2.32 bits per heavy atom. The van der Waals surface area contributed by atoms with Gasteiger partial charge in [-0.25, -0.2) is 9.59 Å². The van der Waals surface area contributed by atoms with Gasteiger partial charge in [-0.1, -0.05) is 0 Å². The summed E-state index contributed by atoms with van der Waals surface area (Å²) >= 11 is 0. The van der Waals surface area contributed by atoms with E-state index in [-0.39, 0.29) is 38.3 Å². The van der Waals surface area contributed by atoms with Crippen LogP contribution in [0, 0.1) is 0 Å². The van der Waals surface area contributed by atoms with Crippen molar-refractivity contribution < 1.29 is 37.3 Å². The predicted molar refractivity (Wildman–Crippen MR) is 80.9 cm³/mol. The maximum Gasteiger partial charge on any atom is 0.573 e. The average molecular weight is 362 g/mol. The zero-order chi connectivity index (χ0) is 18.6. The van der Waals surface area contributed by atoms with E-state index in [0.29, 0.717) is 5.69 Å². The van der Waals surface area contributed by atoms with Crippen molar-refractivity contribution >= 4 is 17.7 Å². The topological polar surface area (TPSA) is 79.3 Å². The number of rotatable bonds is 4. The third kappa shape index (κ3) is 5.16. The third-order valence-corrected chi connectivity index (χ3v) is 3.55. The van der Waals surface area contributed by atoms with Crippen molar-refractivity contribution in [3.8, 4) is 5.75 Å². The van der Waals surface area contributed by atoms with E-state index in [2.05, 4.69) is 4.74 Å². The Labute approximate surface area is 141 Å². The number of esters is 1. The molecule has 0 unspecified atom stereocenters. The molecule has 0 aliphatic carbocycles. The Morgan fingerprint density at radius 1 is 1.16 bits per heavy atom. The van der Waals surface area contributed by atoms with E-state index >= 15 is 0 Å². The zero-order valence-corrected chi connectivity index (χ0v) is 13.4. The first-order valence-corrected chi connectivity index (χ1v) is 7.50. The molecule has 0 radical (unpaired) electrons. The number of anilines is 1. The maximum absolute atomic E-state index is 12.5. The van der Waals surface area contributed by atoms with Gasteiger partial charge in [-0.3, -0.25) is 0 Å². The van der Waals surface area contributed by atoms with Gasteiger partial charge in [0, 0.05) is 37.9 Å². The molecule has 0 bridgehead atoms. The molecular formula is C15H17F3N2O5. The summed E-state index contributed by atoms with van der Waals surface area (Å²) in [7, 11) is 0. The van der Waals surface area contributed by atoms with Crippen molar-refractivity contribution in [2.24, 2.45) is 0 Å². The standard InChI is InChI=1S/C15H17F3N2O5/c1-2-24-13(21)10-7-11(9-12(8-10)25-15(16,17)18)19-3-5-20(6-4-19)14(22)23/h7-9H,2-6H2,1H3,(H,22,23). The lowest BCUT2D eigenvalue weighted by atomic mass is 10.1. The quantitative estimate of drug-likeness (QED) is 0.830. The van der Waals surface area contributed by atoms with Crippen LogP contribution in [0.4, 0.5) is 23.7 Å². The van der Waals surface area contributed by atoms with Crippen LogP contribution in [0.1, 0.15) is 17.3 Å². The van der Waals surface area contributed by atoms with Crippen molar-refractivity contribution in [2.45, 2.75) is 13.3 Å². The number of halogens is 3. The molecule has 1 heterocycles. The summed E-state index contributed by atoms with van der Waals surface area (Å²) in [6.07, 6.45) is -5.95. The number of carbonyl (C=O) groups excluding carboxylic acids is 1.